The highest BCUT2D eigenvalue weighted by Crippen LogP contribution is 2.29. The third-order valence-electron chi connectivity index (χ3n) is 3.47. The second kappa shape index (κ2) is 6.81. The number of aromatic nitrogens is 2. The van der Waals surface area contributed by atoms with Gasteiger partial charge in [-0.3, -0.25) is 0 Å². The first-order valence-corrected chi connectivity index (χ1v) is 8.00. The maximum absolute atomic E-state index is 6.00. The van der Waals surface area contributed by atoms with Crippen molar-refractivity contribution in [3.8, 4) is 15.8 Å². The molecular weight excluding hydrogens is 270 g/mol. The number of nitrogens with one attached hydrogen (secondary N) is 1. The quantitative estimate of drug-likeness (QED) is 0.943. The molecule has 0 spiro atoms. The minimum atomic E-state index is 0.263. The Labute approximate surface area is 123 Å². The fraction of sp³-hybridized carbons (Fsp3) is 0.467. The summed E-state index contributed by atoms with van der Waals surface area (Å²) < 4.78 is 6.00. The molecular formula is C15H19N3OS. The van der Waals surface area contributed by atoms with Crippen molar-refractivity contribution in [2.75, 3.05) is 13.1 Å². The molecule has 1 saturated heterocycles. The lowest BCUT2D eigenvalue weighted by Crippen LogP contribution is -2.28. The highest BCUT2D eigenvalue weighted by molar-refractivity contribution is 7.16. The molecule has 3 rings (SSSR count). The molecule has 1 aromatic carbocycles. The lowest BCUT2D eigenvalue weighted by atomic mass is 10.1. The van der Waals surface area contributed by atoms with Crippen molar-refractivity contribution in [1.82, 2.24) is 15.5 Å². The predicted molar refractivity (Wildman–Crippen MR) is 81.1 cm³/mol. The molecule has 0 amide bonds. The molecule has 1 aliphatic rings. The summed E-state index contributed by atoms with van der Waals surface area (Å²) in [6.45, 7) is 2.15. The molecule has 1 N–H and O–H groups in total. The lowest BCUT2D eigenvalue weighted by molar-refractivity contribution is 0.169. The molecule has 0 saturated carbocycles. The minimum Gasteiger partial charge on any atom is -0.466 e. The zero-order chi connectivity index (χ0) is 13.6. The van der Waals surface area contributed by atoms with Gasteiger partial charge in [0.2, 0.25) is 0 Å². The van der Waals surface area contributed by atoms with Gasteiger partial charge in [0, 0.05) is 5.56 Å². The van der Waals surface area contributed by atoms with E-state index in [1.54, 1.807) is 0 Å². The van der Waals surface area contributed by atoms with E-state index in [2.05, 4.69) is 15.5 Å². The van der Waals surface area contributed by atoms with Crippen LogP contribution in [0.4, 0.5) is 0 Å². The van der Waals surface area contributed by atoms with Gasteiger partial charge >= 0.3 is 0 Å². The Hall–Kier alpha value is -1.46. The Morgan fingerprint density at radius 2 is 1.95 bits per heavy atom. The molecule has 2 aromatic rings. The fourth-order valence-electron chi connectivity index (χ4n) is 2.37. The van der Waals surface area contributed by atoms with E-state index in [1.807, 2.05) is 30.3 Å². The van der Waals surface area contributed by atoms with Crippen LogP contribution in [0.15, 0.2) is 30.3 Å². The highest BCUT2D eigenvalue weighted by Gasteiger charge is 2.15. The van der Waals surface area contributed by atoms with E-state index in [9.17, 15) is 0 Å². The van der Waals surface area contributed by atoms with Gasteiger partial charge in [0.25, 0.3) is 5.19 Å². The third kappa shape index (κ3) is 3.55. The monoisotopic (exact) mass is 289 g/mol. The second-order valence-corrected chi connectivity index (χ2v) is 5.95. The summed E-state index contributed by atoms with van der Waals surface area (Å²) in [5, 5.41) is 13.4. The summed E-state index contributed by atoms with van der Waals surface area (Å²) in [4.78, 5) is 0. The van der Waals surface area contributed by atoms with Gasteiger partial charge in [0.05, 0.1) is 0 Å². The predicted octanol–water partition coefficient (Wildman–Crippen LogP) is 3.12. The molecule has 20 heavy (non-hydrogen) atoms. The van der Waals surface area contributed by atoms with Gasteiger partial charge < -0.3 is 10.1 Å². The SMILES string of the molecule is c1ccc(-c2nnc(O[C@H]3CCCCNCC3)s2)cc1. The van der Waals surface area contributed by atoms with Gasteiger partial charge in [-0.05, 0) is 38.8 Å². The van der Waals surface area contributed by atoms with Crippen molar-refractivity contribution >= 4 is 11.3 Å². The molecule has 5 heteroatoms. The first kappa shape index (κ1) is 13.5. The lowest BCUT2D eigenvalue weighted by Gasteiger charge is -2.19. The molecule has 1 fully saturated rings. The summed E-state index contributed by atoms with van der Waals surface area (Å²) in [6.07, 6.45) is 4.86. The van der Waals surface area contributed by atoms with Crippen LogP contribution in [0.2, 0.25) is 0 Å². The van der Waals surface area contributed by atoms with Crippen molar-refractivity contribution in [2.24, 2.45) is 0 Å². The summed E-state index contributed by atoms with van der Waals surface area (Å²) in [5.74, 6) is 0. The van der Waals surface area contributed by atoms with Crippen LogP contribution in [0.3, 0.4) is 0 Å². The van der Waals surface area contributed by atoms with Gasteiger partial charge in [0.1, 0.15) is 6.10 Å². The van der Waals surface area contributed by atoms with Crippen LogP contribution in [-0.2, 0) is 0 Å². The zero-order valence-corrected chi connectivity index (χ0v) is 12.2. The summed E-state index contributed by atoms with van der Waals surface area (Å²) in [5.41, 5.74) is 1.10. The second-order valence-electron chi connectivity index (χ2n) is 5.01. The van der Waals surface area contributed by atoms with E-state index < -0.39 is 0 Å². The maximum Gasteiger partial charge on any atom is 0.294 e. The van der Waals surface area contributed by atoms with Crippen molar-refractivity contribution in [1.29, 1.82) is 0 Å². The molecule has 106 valence electrons. The smallest absolute Gasteiger partial charge is 0.294 e. The molecule has 0 radical (unpaired) electrons. The third-order valence-corrected chi connectivity index (χ3v) is 4.33. The largest absolute Gasteiger partial charge is 0.466 e. The maximum atomic E-state index is 6.00. The van der Waals surface area contributed by atoms with Gasteiger partial charge in [-0.2, -0.15) is 0 Å². The average Bonchev–Trinajstić information content (AvgIpc) is 2.91. The Kier molecular flexibility index (Phi) is 4.61. The number of hydrogen-bond donors (Lipinski definition) is 1. The molecule has 1 aliphatic heterocycles. The number of hydrogen-bond acceptors (Lipinski definition) is 5. The standard InChI is InChI=1S/C15H19N3OS/c1-2-6-12(7-3-1)14-17-18-15(20-14)19-13-8-4-5-10-16-11-9-13/h1-3,6-7,13,16H,4-5,8-11H2/t13-/m0/s1. The van der Waals surface area contributed by atoms with Gasteiger partial charge in [-0.1, -0.05) is 46.8 Å². The van der Waals surface area contributed by atoms with E-state index in [0.717, 1.165) is 36.5 Å². The van der Waals surface area contributed by atoms with E-state index in [-0.39, 0.29) is 6.10 Å². The number of rotatable bonds is 3. The molecule has 0 unspecified atom stereocenters. The van der Waals surface area contributed by atoms with Crippen LogP contribution in [0, 0.1) is 0 Å². The topological polar surface area (TPSA) is 47.0 Å². The zero-order valence-electron chi connectivity index (χ0n) is 11.4. The number of ether oxygens (including phenoxy) is 1. The van der Waals surface area contributed by atoms with Crippen LogP contribution >= 0.6 is 11.3 Å². The first-order valence-electron chi connectivity index (χ1n) is 7.18. The molecule has 2 heterocycles. The fourth-order valence-corrected chi connectivity index (χ4v) is 3.14. The molecule has 4 nitrogen and oxygen atoms in total. The molecule has 1 aromatic heterocycles. The Bertz CT molecular complexity index is 521. The van der Waals surface area contributed by atoms with Crippen LogP contribution in [0.1, 0.15) is 25.7 Å². The van der Waals surface area contributed by atoms with E-state index in [1.165, 1.54) is 24.2 Å². The normalized spacial score (nSPS) is 20.1. The Morgan fingerprint density at radius 1 is 1.05 bits per heavy atom. The first-order chi connectivity index (χ1) is 9.92. The van der Waals surface area contributed by atoms with Crippen LogP contribution in [-0.4, -0.2) is 29.4 Å². The van der Waals surface area contributed by atoms with E-state index >= 15 is 0 Å². The van der Waals surface area contributed by atoms with Crippen molar-refractivity contribution in [3.63, 3.8) is 0 Å². The van der Waals surface area contributed by atoms with Crippen molar-refractivity contribution < 1.29 is 4.74 Å². The van der Waals surface area contributed by atoms with Gasteiger partial charge in [-0.15, -0.1) is 5.10 Å². The summed E-state index contributed by atoms with van der Waals surface area (Å²) >= 11 is 1.53. The van der Waals surface area contributed by atoms with Gasteiger partial charge in [0.15, 0.2) is 5.01 Å². The average molecular weight is 289 g/mol. The molecule has 1 atom stereocenters. The van der Waals surface area contributed by atoms with Gasteiger partial charge in [-0.25, -0.2) is 0 Å². The van der Waals surface area contributed by atoms with E-state index in [4.69, 9.17) is 4.74 Å². The van der Waals surface area contributed by atoms with Crippen molar-refractivity contribution in [2.45, 2.75) is 31.8 Å². The Balaban J connectivity index is 1.64. The highest BCUT2D eigenvalue weighted by atomic mass is 32.1. The number of nitrogens with zero attached hydrogens (tertiary/aromatic N) is 2. The number of benzene rings is 1. The molecule has 0 aliphatic carbocycles. The van der Waals surface area contributed by atoms with Crippen molar-refractivity contribution in [3.05, 3.63) is 30.3 Å². The molecule has 0 bridgehead atoms. The summed E-state index contributed by atoms with van der Waals surface area (Å²) in [6, 6.07) is 10.1. The Morgan fingerprint density at radius 3 is 2.85 bits per heavy atom. The van der Waals surface area contributed by atoms with E-state index in [0.29, 0.717) is 5.19 Å². The minimum absolute atomic E-state index is 0.263. The van der Waals surface area contributed by atoms with Crippen LogP contribution in [0.25, 0.3) is 10.6 Å². The summed E-state index contributed by atoms with van der Waals surface area (Å²) in [7, 11) is 0. The van der Waals surface area contributed by atoms with Crippen LogP contribution < -0.4 is 10.1 Å². The van der Waals surface area contributed by atoms with Crippen LogP contribution in [0.5, 0.6) is 5.19 Å².